The maximum atomic E-state index is 12.5. The van der Waals surface area contributed by atoms with Gasteiger partial charge in [0, 0.05) is 30.3 Å². The van der Waals surface area contributed by atoms with E-state index < -0.39 is 0 Å². The highest BCUT2D eigenvalue weighted by Crippen LogP contribution is 2.26. The van der Waals surface area contributed by atoms with E-state index in [-0.39, 0.29) is 11.3 Å². The molecule has 3 heterocycles. The molecule has 2 aromatic heterocycles. The Kier molecular flexibility index (Phi) is 4.06. The third kappa shape index (κ3) is 3.50. The number of amides is 1. The average Bonchev–Trinajstić information content (AvgIpc) is 2.95. The lowest BCUT2D eigenvalue weighted by Gasteiger charge is -2.27. The zero-order chi connectivity index (χ0) is 16.6. The smallest absolute Gasteiger partial charge is 0.228 e. The molecule has 0 bridgehead atoms. The molecule has 122 valence electrons. The molecule has 7 heteroatoms. The molecule has 23 heavy (non-hydrogen) atoms. The van der Waals surface area contributed by atoms with Gasteiger partial charge < -0.3 is 10.6 Å². The van der Waals surface area contributed by atoms with Gasteiger partial charge in [-0.15, -0.1) is 16.4 Å². The van der Waals surface area contributed by atoms with Gasteiger partial charge in [0.1, 0.15) is 5.82 Å². The first kappa shape index (κ1) is 15.9. The van der Waals surface area contributed by atoms with Gasteiger partial charge in [0.25, 0.3) is 0 Å². The van der Waals surface area contributed by atoms with E-state index in [9.17, 15) is 4.79 Å². The summed E-state index contributed by atoms with van der Waals surface area (Å²) in [6, 6.07) is 1.81. The third-order valence-corrected chi connectivity index (χ3v) is 5.15. The van der Waals surface area contributed by atoms with Crippen LogP contribution in [0.25, 0.3) is 0 Å². The maximum Gasteiger partial charge on any atom is 0.228 e. The minimum Gasteiger partial charge on any atom is -0.382 e. The molecule has 0 radical (unpaired) electrons. The first-order chi connectivity index (χ1) is 10.8. The molecule has 2 aromatic rings. The number of anilines is 1. The number of carbonyl (C=O) groups is 1. The summed E-state index contributed by atoms with van der Waals surface area (Å²) in [6.45, 7) is 7.60. The molecule has 0 unspecified atom stereocenters. The standard InChI is InChI=1S/C16H21N5OS/c1-16(2,3)15-18-11(9-23-15)7-14(22)21-5-4-12-10(8-21)6-13(17)20-19-12/h6,9H,4-5,7-8H2,1-3H3,(H2,17,20). The molecule has 0 saturated carbocycles. The third-order valence-electron chi connectivity index (χ3n) is 3.84. The van der Waals surface area contributed by atoms with Crippen LogP contribution in [-0.2, 0) is 29.6 Å². The van der Waals surface area contributed by atoms with Crippen molar-refractivity contribution in [3.05, 3.63) is 33.4 Å². The quantitative estimate of drug-likeness (QED) is 0.909. The average molecular weight is 331 g/mol. The number of aromatic nitrogens is 3. The predicted octanol–water partition coefficient (Wildman–Crippen LogP) is 1.94. The SMILES string of the molecule is CC(C)(C)c1nc(CC(=O)N2CCc3nnc(N)cc3C2)cs1. The van der Waals surface area contributed by atoms with Crippen LogP contribution in [-0.4, -0.2) is 32.5 Å². The fourth-order valence-electron chi connectivity index (χ4n) is 2.56. The van der Waals surface area contributed by atoms with Crippen LogP contribution in [0.5, 0.6) is 0 Å². The molecule has 1 aliphatic heterocycles. The fraction of sp³-hybridized carbons (Fsp3) is 0.500. The number of nitrogens with zero attached hydrogens (tertiary/aromatic N) is 4. The van der Waals surface area contributed by atoms with Crippen molar-refractivity contribution in [3.63, 3.8) is 0 Å². The lowest BCUT2D eigenvalue weighted by molar-refractivity contribution is -0.131. The molecular weight excluding hydrogens is 310 g/mol. The monoisotopic (exact) mass is 331 g/mol. The molecule has 6 nitrogen and oxygen atoms in total. The number of hydrogen-bond donors (Lipinski definition) is 1. The number of hydrogen-bond acceptors (Lipinski definition) is 6. The van der Waals surface area contributed by atoms with Crippen LogP contribution in [0, 0.1) is 0 Å². The lowest BCUT2D eigenvalue weighted by atomic mass is 9.98. The molecule has 0 atom stereocenters. The number of rotatable bonds is 2. The van der Waals surface area contributed by atoms with Crippen molar-refractivity contribution in [1.82, 2.24) is 20.1 Å². The van der Waals surface area contributed by atoms with Gasteiger partial charge in [0.15, 0.2) is 0 Å². The topological polar surface area (TPSA) is 85.0 Å². The Morgan fingerprint density at radius 1 is 1.39 bits per heavy atom. The van der Waals surface area contributed by atoms with E-state index in [4.69, 9.17) is 5.73 Å². The van der Waals surface area contributed by atoms with Crippen LogP contribution in [0.4, 0.5) is 5.82 Å². The van der Waals surface area contributed by atoms with E-state index in [1.54, 1.807) is 11.3 Å². The Bertz CT molecular complexity index is 734. The van der Waals surface area contributed by atoms with Crippen molar-refractivity contribution >= 4 is 23.1 Å². The van der Waals surface area contributed by atoms with Crippen LogP contribution >= 0.6 is 11.3 Å². The first-order valence-electron chi connectivity index (χ1n) is 7.66. The first-order valence-corrected chi connectivity index (χ1v) is 8.54. The van der Waals surface area contributed by atoms with Gasteiger partial charge >= 0.3 is 0 Å². The summed E-state index contributed by atoms with van der Waals surface area (Å²) < 4.78 is 0. The zero-order valence-electron chi connectivity index (χ0n) is 13.7. The second-order valence-electron chi connectivity index (χ2n) is 6.88. The van der Waals surface area contributed by atoms with E-state index in [1.807, 2.05) is 16.3 Å². The summed E-state index contributed by atoms with van der Waals surface area (Å²) in [6.07, 6.45) is 1.06. The van der Waals surface area contributed by atoms with Crippen molar-refractivity contribution in [2.75, 3.05) is 12.3 Å². The zero-order valence-corrected chi connectivity index (χ0v) is 14.5. The molecule has 0 aromatic carbocycles. The van der Waals surface area contributed by atoms with Crippen LogP contribution in [0.2, 0.25) is 0 Å². The van der Waals surface area contributed by atoms with Crippen molar-refractivity contribution in [2.24, 2.45) is 0 Å². The van der Waals surface area contributed by atoms with Gasteiger partial charge in [-0.05, 0) is 11.6 Å². The Morgan fingerprint density at radius 3 is 2.87 bits per heavy atom. The van der Waals surface area contributed by atoms with E-state index in [0.29, 0.717) is 25.3 Å². The molecule has 0 saturated heterocycles. The van der Waals surface area contributed by atoms with E-state index in [1.165, 1.54) is 0 Å². The second-order valence-corrected chi connectivity index (χ2v) is 7.74. The highest BCUT2D eigenvalue weighted by atomic mass is 32.1. The predicted molar refractivity (Wildman–Crippen MR) is 90.1 cm³/mol. The van der Waals surface area contributed by atoms with Gasteiger partial charge in [-0.1, -0.05) is 20.8 Å². The van der Waals surface area contributed by atoms with Crippen LogP contribution in [0.15, 0.2) is 11.4 Å². The fourth-order valence-corrected chi connectivity index (χ4v) is 3.47. The minimum absolute atomic E-state index is 0.0201. The summed E-state index contributed by atoms with van der Waals surface area (Å²) in [5.41, 5.74) is 8.48. The molecular formula is C16H21N5OS. The summed E-state index contributed by atoms with van der Waals surface area (Å²) >= 11 is 1.62. The molecule has 0 spiro atoms. The number of carbonyl (C=O) groups excluding carboxylic acids is 1. The number of nitrogens with two attached hydrogens (primary N) is 1. The van der Waals surface area contributed by atoms with Crippen LogP contribution in [0.1, 0.15) is 42.7 Å². The highest BCUT2D eigenvalue weighted by molar-refractivity contribution is 7.09. The van der Waals surface area contributed by atoms with E-state index in [2.05, 4.69) is 36.0 Å². The summed E-state index contributed by atoms with van der Waals surface area (Å²) in [4.78, 5) is 19.0. The van der Waals surface area contributed by atoms with Crippen molar-refractivity contribution in [2.45, 2.75) is 45.6 Å². The Labute approximate surface area is 139 Å². The molecule has 0 aliphatic carbocycles. The number of nitrogen functional groups attached to an aromatic ring is 1. The van der Waals surface area contributed by atoms with E-state index in [0.717, 1.165) is 28.4 Å². The maximum absolute atomic E-state index is 12.5. The number of thiazole rings is 1. The van der Waals surface area contributed by atoms with Crippen LogP contribution in [0.3, 0.4) is 0 Å². The summed E-state index contributed by atoms with van der Waals surface area (Å²) in [5, 5.41) is 11.0. The Hall–Kier alpha value is -2.02. The highest BCUT2D eigenvalue weighted by Gasteiger charge is 2.24. The minimum atomic E-state index is 0.0201. The van der Waals surface area contributed by atoms with Gasteiger partial charge in [0.05, 0.1) is 22.8 Å². The van der Waals surface area contributed by atoms with E-state index >= 15 is 0 Å². The number of fused-ring (bicyclic) bond motifs is 1. The lowest BCUT2D eigenvalue weighted by Crippen LogP contribution is -2.37. The van der Waals surface area contributed by atoms with Crippen molar-refractivity contribution in [3.8, 4) is 0 Å². The summed E-state index contributed by atoms with van der Waals surface area (Å²) in [5.74, 6) is 0.490. The molecule has 0 fully saturated rings. The second kappa shape index (κ2) is 5.88. The summed E-state index contributed by atoms with van der Waals surface area (Å²) in [7, 11) is 0. The van der Waals surface area contributed by atoms with Gasteiger partial charge in [-0.3, -0.25) is 4.79 Å². The van der Waals surface area contributed by atoms with Crippen molar-refractivity contribution in [1.29, 1.82) is 0 Å². The van der Waals surface area contributed by atoms with Gasteiger partial charge in [-0.25, -0.2) is 4.98 Å². The molecule has 1 amide bonds. The molecule has 2 N–H and O–H groups in total. The Balaban J connectivity index is 1.69. The van der Waals surface area contributed by atoms with Gasteiger partial charge in [0.2, 0.25) is 5.91 Å². The molecule has 1 aliphatic rings. The van der Waals surface area contributed by atoms with Crippen LogP contribution < -0.4 is 5.73 Å². The molecule has 3 rings (SSSR count). The Morgan fingerprint density at radius 2 is 2.17 bits per heavy atom. The van der Waals surface area contributed by atoms with Gasteiger partial charge in [-0.2, -0.15) is 5.10 Å². The largest absolute Gasteiger partial charge is 0.382 e. The van der Waals surface area contributed by atoms with Crippen molar-refractivity contribution < 1.29 is 4.79 Å². The normalized spacial score (nSPS) is 14.7.